The number of aromatic nitrogens is 3. The molecule has 1 aliphatic rings. The van der Waals surface area contributed by atoms with Crippen LogP contribution in [0, 0.1) is 5.82 Å². The molecule has 0 unspecified atom stereocenters. The largest absolute Gasteiger partial charge is 0.442 e. The summed E-state index contributed by atoms with van der Waals surface area (Å²) in [4.78, 5) is 13.9. The van der Waals surface area contributed by atoms with Crippen molar-refractivity contribution in [2.24, 2.45) is 0 Å². The number of carbonyl (C=O) groups is 1. The Morgan fingerprint density at radius 2 is 1.94 bits per heavy atom. The summed E-state index contributed by atoms with van der Waals surface area (Å²) < 4.78 is 22.2. The Morgan fingerprint density at radius 1 is 1.18 bits per heavy atom. The lowest BCUT2D eigenvalue weighted by molar-refractivity contribution is -0.667. The summed E-state index contributed by atoms with van der Waals surface area (Å²) >= 11 is 0. The van der Waals surface area contributed by atoms with Crippen molar-refractivity contribution in [1.82, 2.24) is 15.0 Å². The van der Waals surface area contributed by atoms with Crippen LogP contribution in [0.1, 0.15) is 12.5 Å². The van der Waals surface area contributed by atoms with Crippen LogP contribution in [0.15, 0.2) is 48.7 Å². The Hall–Kier alpha value is -3.04. The molecule has 0 spiro atoms. The van der Waals surface area contributed by atoms with E-state index in [9.17, 15) is 9.18 Å². The van der Waals surface area contributed by atoms with Gasteiger partial charge in [0.25, 0.3) is 0 Å². The summed E-state index contributed by atoms with van der Waals surface area (Å²) in [5.74, 6) is -0.368. The smallest absolute Gasteiger partial charge is 0.414 e. The van der Waals surface area contributed by atoms with Crippen molar-refractivity contribution in [3.05, 3.63) is 60.0 Å². The van der Waals surface area contributed by atoms with Gasteiger partial charge >= 0.3 is 6.09 Å². The second kappa shape index (κ2) is 9.44. The molecule has 0 radical (unpaired) electrons. The van der Waals surface area contributed by atoms with Crippen LogP contribution in [-0.4, -0.2) is 48.4 Å². The van der Waals surface area contributed by atoms with Gasteiger partial charge in [-0.2, -0.15) is 0 Å². The molecule has 1 atom stereocenters. The van der Waals surface area contributed by atoms with Gasteiger partial charge in [-0.15, -0.1) is 5.10 Å². The lowest BCUT2D eigenvalue weighted by Crippen LogP contribution is -2.81. The van der Waals surface area contributed by atoms with Gasteiger partial charge < -0.3 is 10.1 Å². The molecule has 2 aromatic carbocycles. The fraction of sp³-hybridized carbons (Fsp3) is 0.375. The minimum absolute atomic E-state index is 0.336. The molecule has 1 saturated heterocycles. The van der Waals surface area contributed by atoms with Gasteiger partial charge in [0.1, 0.15) is 26.5 Å². The predicted molar refractivity (Wildman–Crippen MR) is 129 cm³/mol. The Bertz CT molecular complexity index is 1130. The van der Waals surface area contributed by atoms with E-state index in [-0.39, 0.29) is 11.9 Å². The van der Waals surface area contributed by atoms with Crippen molar-refractivity contribution in [3.63, 3.8) is 0 Å². The van der Waals surface area contributed by atoms with Crippen molar-refractivity contribution >= 4 is 25.2 Å². The van der Waals surface area contributed by atoms with Crippen molar-refractivity contribution in [3.8, 4) is 11.1 Å². The van der Waals surface area contributed by atoms with Gasteiger partial charge in [-0.1, -0.05) is 49.1 Å². The fourth-order valence-corrected chi connectivity index (χ4v) is 4.69. The molecule has 9 heteroatoms. The molecule has 0 saturated carbocycles. The fourth-order valence-electron chi connectivity index (χ4n) is 3.80. The Balaban J connectivity index is 1.44. The highest BCUT2D eigenvalue weighted by Gasteiger charge is 2.33. The van der Waals surface area contributed by atoms with E-state index in [1.165, 1.54) is 16.5 Å². The number of carbonyl (C=O) groups excluding carboxylic acids is 1. The topological polar surface area (TPSA) is 76.9 Å². The third-order valence-electron chi connectivity index (χ3n) is 5.77. The van der Waals surface area contributed by atoms with E-state index in [0.717, 1.165) is 24.0 Å². The Morgan fingerprint density at radius 3 is 2.58 bits per heavy atom. The number of quaternary nitrogens is 1. The number of nitrogens with two attached hydrogens (primary N) is 1. The zero-order valence-corrected chi connectivity index (χ0v) is 20.6. The molecule has 3 aromatic rings. The summed E-state index contributed by atoms with van der Waals surface area (Å²) in [5, 5.41) is 11.7. The maximum atomic E-state index is 15.0. The summed E-state index contributed by atoms with van der Waals surface area (Å²) in [6.45, 7) is 11.4. The maximum Gasteiger partial charge on any atom is 0.414 e. The Labute approximate surface area is 194 Å². The lowest BCUT2D eigenvalue weighted by atomic mass is 10.0. The van der Waals surface area contributed by atoms with Crippen LogP contribution < -0.4 is 15.5 Å². The average molecular weight is 469 g/mol. The molecule has 174 valence electrons. The molecule has 33 heavy (non-hydrogen) atoms. The lowest BCUT2D eigenvalue weighted by Gasteiger charge is -2.14. The van der Waals surface area contributed by atoms with E-state index < -0.39 is 14.2 Å². The summed E-state index contributed by atoms with van der Waals surface area (Å²) in [6, 6.07) is 12.8. The van der Waals surface area contributed by atoms with Crippen molar-refractivity contribution < 1.29 is 19.2 Å². The van der Waals surface area contributed by atoms with Crippen LogP contribution in [0.4, 0.5) is 14.9 Å². The van der Waals surface area contributed by atoms with E-state index in [1.54, 1.807) is 16.8 Å². The number of anilines is 1. The first-order valence-electron chi connectivity index (χ1n) is 11.3. The first-order valence-corrected chi connectivity index (χ1v) is 14.8. The van der Waals surface area contributed by atoms with Gasteiger partial charge in [-0.3, -0.25) is 4.90 Å². The van der Waals surface area contributed by atoms with Crippen molar-refractivity contribution in [2.75, 3.05) is 18.0 Å². The van der Waals surface area contributed by atoms with Crippen LogP contribution >= 0.6 is 0 Å². The number of halogens is 1. The molecule has 7 nitrogen and oxygen atoms in total. The van der Waals surface area contributed by atoms with Gasteiger partial charge in [0.05, 0.1) is 30.6 Å². The first kappa shape index (κ1) is 23.1. The number of hydrogen-bond acceptors (Lipinski definition) is 4. The molecule has 4 rings (SSSR count). The molecule has 1 amide bonds. The van der Waals surface area contributed by atoms with E-state index in [2.05, 4.69) is 42.2 Å². The van der Waals surface area contributed by atoms with Crippen LogP contribution in [-0.2, 0) is 17.8 Å². The minimum Gasteiger partial charge on any atom is -0.442 e. The van der Waals surface area contributed by atoms with Crippen molar-refractivity contribution in [1.29, 1.82) is 0 Å². The molecule has 2 heterocycles. The summed E-state index contributed by atoms with van der Waals surface area (Å²) in [5.41, 5.74) is 3.01. The summed E-state index contributed by atoms with van der Waals surface area (Å²) in [6.07, 6.45) is 1.08. The van der Waals surface area contributed by atoms with E-state index >= 15 is 0 Å². The van der Waals surface area contributed by atoms with Crippen LogP contribution in [0.25, 0.3) is 11.1 Å². The number of hydrogen-bond donors (Lipinski definition) is 1. The average Bonchev–Trinajstić information content (AvgIpc) is 3.39. The third kappa shape index (κ3) is 5.31. The highest BCUT2D eigenvalue weighted by molar-refractivity contribution is 6.88. The Kier molecular flexibility index (Phi) is 6.62. The van der Waals surface area contributed by atoms with Crippen LogP contribution in [0.2, 0.25) is 19.6 Å². The van der Waals surface area contributed by atoms with Gasteiger partial charge in [0, 0.05) is 17.3 Å². The highest BCUT2D eigenvalue weighted by Crippen LogP contribution is 2.29. The SMILES string of the molecule is CC[NH2+]Cc1ccc(-c2ccc(N3C[C@H](Cn4cc([Si](C)(C)C)nn4)OC3=O)cc2F)cc1. The quantitative estimate of drug-likeness (QED) is 0.516. The van der Waals surface area contributed by atoms with Crippen molar-refractivity contribution in [2.45, 2.75) is 45.8 Å². The third-order valence-corrected chi connectivity index (χ3v) is 7.54. The molecule has 0 aliphatic carbocycles. The van der Waals surface area contributed by atoms with E-state index in [0.29, 0.717) is 24.3 Å². The second-order valence-electron chi connectivity index (χ2n) is 9.45. The molecule has 0 bridgehead atoms. The maximum absolute atomic E-state index is 15.0. The number of rotatable bonds is 8. The monoisotopic (exact) mass is 468 g/mol. The number of nitrogens with zero attached hydrogens (tertiary/aromatic N) is 4. The zero-order chi connectivity index (χ0) is 23.6. The molecule has 1 aliphatic heterocycles. The molecule has 2 N–H and O–H groups in total. The summed E-state index contributed by atoms with van der Waals surface area (Å²) in [7, 11) is -1.55. The molecule has 1 aromatic heterocycles. The minimum atomic E-state index is -1.55. The van der Waals surface area contributed by atoms with Gasteiger partial charge in [-0.05, 0) is 30.7 Å². The standard InChI is InChI=1S/C24H30FN5O2Si/c1-5-26-13-17-6-8-18(9-7-17)21-11-10-19(12-22(21)25)30-15-20(32-24(30)31)14-29-16-23(27-28-29)33(2,3)4/h6-12,16,20,26H,5,13-15H2,1-4H3/p+1/t20-/m0/s1. The van der Waals surface area contributed by atoms with E-state index in [4.69, 9.17) is 4.74 Å². The van der Waals surface area contributed by atoms with Crippen LogP contribution in [0.5, 0.6) is 0 Å². The second-order valence-corrected chi connectivity index (χ2v) is 14.5. The first-order chi connectivity index (χ1) is 15.7. The van der Waals surface area contributed by atoms with Crippen LogP contribution in [0.3, 0.4) is 0 Å². The number of benzene rings is 2. The zero-order valence-electron chi connectivity index (χ0n) is 19.6. The van der Waals surface area contributed by atoms with E-state index in [1.807, 2.05) is 30.5 Å². The van der Waals surface area contributed by atoms with Gasteiger partial charge in [-0.25, -0.2) is 13.9 Å². The number of ether oxygens (including phenoxy) is 1. The predicted octanol–water partition coefficient (Wildman–Crippen LogP) is 2.74. The molecular weight excluding hydrogens is 437 g/mol. The van der Waals surface area contributed by atoms with Gasteiger partial charge in [0.2, 0.25) is 0 Å². The normalized spacial score (nSPS) is 16.3. The molecule has 1 fully saturated rings. The molecular formula is C24H31FN5O2Si+. The van der Waals surface area contributed by atoms with Gasteiger partial charge in [0.15, 0.2) is 0 Å². The number of amides is 1. The highest BCUT2D eigenvalue weighted by atomic mass is 28.3. The number of cyclic esters (lactones) is 1.